The highest BCUT2D eigenvalue weighted by atomic mass is 35.5. The smallest absolute Gasteiger partial charge is 0.263 e. The number of halogens is 1. The molecular weight excluding hydrogens is 274 g/mol. The van der Waals surface area contributed by atoms with Gasteiger partial charge in [0.15, 0.2) is 6.10 Å². The maximum atomic E-state index is 12.5. The molecule has 1 aliphatic rings. The summed E-state index contributed by atoms with van der Waals surface area (Å²) in [6.45, 7) is 5.63. The van der Waals surface area contributed by atoms with E-state index in [1.54, 1.807) is 0 Å². The molecule has 1 aromatic rings. The van der Waals surface area contributed by atoms with Crippen molar-refractivity contribution in [2.75, 3.05) is 13.1 Å². The van der Waals surface area contributed by atoms with E-state index in [-0.39, 0.29) is 5.91 Å². The second-order valence-corrected chi connectivity index (χ2v) is 5.72. The Morgan fingerprint density at radius 1 is 1.35 bits per heavy atom. The van der Waals surface area contributed by atoms with Gasteiger partial charge in [-0.05, 0) is 56.4 Å². The Labute approximate surface area is 125 Å². The van der Waals surface area contributed by atoms with Crippen LogP contribution in [0.5, 0.6) is 5.75 Å². The van der Waals surface area contributed by atoms with Crippen LogP contribution in [-0.2, 0) is 4.79 Å². The van der Waals surface area contributed by atoms with E-state index in [0.717, 1.165) is 31.5 Å². The van der Waals surface area contributed by atoms with Crippen molar-refractivity contribution in [2.24, 2.45) is 0 Å². The Bertz CT molecular complexity index is 470. The van der Waals surface area contributed by atoms with Gasteiger partial charge in [-0.1, -0.05) is 18.5 Å². The Morgan fingerprint density at radius 3 is 2.65 bits per heavy atom. The number of aryl methyl sites for hydroxylation is 1. The van der Waals surface area contributed by atoms with E-state index < -0.39 is 6.10 Å². The zero-order valence-corrected chi connectivity index (χ0v) is 12.9. The normalized spacial score (nSPS) is 16.9. The fourth-order valence-electron chi connectivity index (χ4n) is 2.48. The minimum Gasteiger partial charge on any atom is -0.481 e. The molecule has 1 heterocycles. The molecule has 0 radical (unpaired) electrons. The van der Waals surface area contributed by atoms with Gasteiger partial charge in [0.2, 0.25) is 0 Å². The van der Waals surface area contributed by atoms with Crippen molar-refractivity contribution in [3.8, 4) is 5.75 Å². The number of likely N-dealkylation sites (tertiary alicyclic amines) is 1. The predicted octanol–water partition coefficient (Wildman–Crippen LogP) is 3.82. The molecule has 3 nitrogen and oxygen atoms in total. The summed E-state index contributed by atoms with van der Waals surface area (Å²) in [5, 5.41) is 0.716. The third-order valence-corrected chi connectivity index (χ3v) is 4.15. The summed E-state index contributed by atoms with van der Waals surface area (Å²) in [5.74, 6) is 0.823. The summed E-state index contributed by atoms with van der Waals surface area (Å²) in [4.78, 5) is 14.4. The lowest BCUT2D eigenvalue weighted by Crippen LogP contribution is -2.44. The predicted molar refractivity (Wildman–Crippen MR) is 81.3 cm³/mol. The van der Waals surface area contributed by atoms with Gasteiger partial charge in [0, 0.05) is 18.1 Å². The van der Waals surface area contributed by atoms with Gasteiger partial charge >= 0.3 is 0 Å². The van der Waals surface area contributed by atoms with E-state index in [9.17, 15) is 4.79 Å². The number of hydrogen-bond donors (Lipinski definition) is 0. The van der Waals surface area contributed by atoms with E-state index >= 15 is 0 Å². The summed E-state index contributed by atoms with van der Waals surface area (Å²) in [6.07, 6.45) is 3.70. The Hall–Kier alpha value is -1.22. The van der Waals surface area contributed by atoms with Crippen molar-refractivity contribution in [1.29, 1.82) is 0 Å². The number of amides is 1. The topological polar surface area (TPSA) is 29.5 Å². The number of carbonyl (C=O) groups excluding carboxylic acids is 1. The van der Waals surface area contributed by atoms with Crippen molar-refractivity contribution in [3.63, 3.8) is 0 Å². The van der Waals surface area contributed by atoms with Gasteiger partial charge in [0.1, 0.15) is 5.75 Å². The minimum absolute atomic E-state index is 0.111. The quantitative estimate of drug-likeness (QED) is 0.845. The fraction of sp³-hybridized carbons (Fsp3) is 0.562. The largest absolute Gasteiger partial charge is 0.481 e. The zero-order valence-electron chi connectivity index (χ0n) is 12.2. The molecular formula is C16H22ClNO2. The summed E-state index contributed by atoms with van der Waals surface area (Å²) < 4.78 is 5.86. The van der Waals surface area contributed by atoms with Crippen LogP contribution >= 0.6 is 11.6 Å². The number of piperidine rings is 1. The van der Waals surface area contributed by atoms with Gasteiger partial charge in [-0.2, -0.15) is 0 Å². The van der Waals surface area contributed by atoms with Crippen LogP contribution in [0.1, 0.15) is 38.2 Å². The van der Waals surface area contributed by atoms with Crippen molar-refractivity contribution < 1.29 is 9.53 Å². The Morgan fingerprint density at radius 2 is 2.05 bits per heavy atom. The number of ether oxygens (including phenoxy) is 1. The molecule has 1 aliphatic heterocycles. The van der Waals surface area contributed by atoms with Gasteiger partial charge in [0.25, 0.3) is 5.91 Å². The van der Waals surface area contributed by atoms with Crippen LogP contribution in [0, 0.1) is 6.92 Å². The van der Waals surface area contributed by atoms with E-state index in [4.69, 9.17) is 16.3 Å². The monoisotopic (exact) mass is 295 g/mol. The highest BCUT2D eigenvalue weighted by Crippen LogP contribution is 2.23. The molecule has 0 aromatic heterocycles. The van der Waals surface area contributed by atoms with Crippen LogP contribution in [-0.4, -0.2) is 30.0 Å². The third-order valence-electron chi connectivity index (χ3n) is 3.72. The summed E-state index contributed by atoms with van der Waals surface area (Å²) in [7, 11) is 0. The molecule has 1 atom stereocenters. The first-order valence-corrected chi connectivity index (χ1v) is 7.71. The Kier molecular flexibility index (Phi) is 5.30. The van der Waals surface area contributed by atoms with E-state index in [2.05, 4.69) is 0 Å². The molecule has 2 rings (SSSR count). The third kappa shape index (κ3) is 3.66. The Balaban J connectivity index is 2.03. The van der Waals surface area contributed by atoms with Crippen LogP contribution < -0.4 is 4.74 Å². The van der Waals surface area contributed by atoms with Crippen molar-refractivity contribution in [2.45, 2.75) is 45.6 Å². The molecule has 20 heavy (non-hydrogen) atoms. The molecule has 0 aliphatic carbocycles. The van der Waals surface area contributed by atoms with Crippen molar-refractivity contribution in [1.82, 2.24) is 4.90 Å². The molecule has 1 aromatic carbocycles. The first kappa shape index (κ1) is 15.2. The average Bonchev–Trinajstić information content (AvgIpc) is 2.48. The highest BCUT2D eigenvalue weighted by Gasteiger charge is 2.25. The molecule has 4 heteroatoms. The molecule has 1 saturated heterocycles. The van der Waals surface area contributed by atoms with Gasteiger partial charge in [-0.25, -0.2) is 0 Å². The average molecular weight is 296 g/mol. The molecule has 1 fully saturated rings. The number of benzene rings is 1. The standard InChI is InChI=1S/C16H22ClNO2/c1-3-15(16(19)18-9-5-4-6-10-18)20-13-7-8-14(17)12(2)11-13/h7-8,11,15H,3-6,9-10H2,1-2H3/t15-/m1/s1. The lowest BCUT2D eigenvalue weighted by atomic mass is 10.1. The number of hydrogen-bond acceptors (Lipinski definition) is 2. The molecule has 0 spiro atoms. The summed E-state index contributed by atoms with van der Waals surface area (Å²) in [6, 6.07) is 5.51. The lowest BCUT2D eigenvalue weighted by molar-refractivity contribution is -0.139. The fourth-order valence-corrected chi connectivity index (χ4v) is 2.60. The zero-order chi connectivity index (χ0) is 14.5. The van der Waals surface area contributed by atoms with Crippen LogP contribution in [0.15, 0.2) is 18.2 Å². The lowest BCUT2D eigenvalue weighted by Gasteiger charge is -2.30. The van der Waals surface area contributed by atoms with Gasteiger partial charge in [-0.3, -0.25) is 4.79 Å². The summed E-state index contributed by atoms with van der Waals surface area (Å²) in [5.41, 5.74) is 0.962. The molecule has 0 unspecified atom stereocenters. The van der Waals surface area contributed by atoms with Gasteiger partial charge < -0.3 is 9.64 Å². The van der Waals surface area contributed by atoms with Crippen molar-refractivity contribution in [3.05, 3.63) is 28.8 Å². The molecule has 1 amide bonds. The number of nitrogens with zero attached hydrogens (tertiary/aromatic N) is 1. The first-order valence-electron chi connectivity index (χ1n) is 7.33. The number of carbonyl (C=O) groups is 1. The molecule has 0 bridgehead atoms. The summed E-state index contributed by atoms with van der Waals surface area (Å²) >= 11 is 6.00. The van der Waals surface area contributed by atoms with Crippen LogP contribution in [0.2, 0.25) is 5.02 Å². The van der Waals surface area contributed by atoms with Gasteiger partial charge in [-0.15, -0.1) is 0 Å². The first-order chi connectivity index (χ1) is 9.61. The van der Waals surface area contributed by atoms with Gasteiger partial charge in [0.05, 0.1) is 0 Å². The van der Waals surface area contributed by atoms with E-state index in [1.165, 1.54) is 6.42 Å². The maximum Gasteiger partial charge on any atom is 0.263 e. The second kappa shape index (κ2) is 6.98. The van der Waals surface area contributed by atoms with E-state index in [1.807, 2.05) is 36.9 Å². The molecule has 0 saturated carbocycles. The second-order valence-electron chi connectivity index (χ2n) is 5.31. The number of rotatable bonds is 4. The highest BCUT2D eigenvalue weighted by molar-refractivity contribution is 6.31. The molecule has 110 valence electrons. The van der Waals surface area contributed by atoms with Crippen LogP contribution in [0.3, 0.4) is 0 Å². The van der Waals surface area contributed by atoms with Crippen molar-refractivity contribution >= 4 is 17.5 Å². The SMILES string of the molecule is CC[C@@H](Oc1ccc(Cl)c(C)c1)C(=O)N1CCCCC1. The molecule has 0 N–H and O–H groups in total. The van der Waals surface area contributed by atoms with Crippen LogP contribution in [0.4, 0.5) is 0 Å². The van der Waals surface area contributed by atoms with E-state index in [0.29, 0.717) is 17.2 Å². The van der Waals surface area contributed by atoms with Crippen LogP contribution in [0.25, 0.3) is 0 Å². The minimum atomic E-state index is -0.395. The maximum absolute atomic E-state index is 12.5.